The summed E-state index contributed by atoms with van der Waals surface area (Å²) >= 11 is 0. The fraction of sp³-hybridized carbons (Fsp3) is 0.250. The standard InChI is InChI=1S/C16H18FNO2/c1-18-16(11-6-4-7-12(10-11)19-2)13-8-5-9-14(20-3)15(13)17/h4-10,16,18H,1-3H3. The van der Waals surface area contributed by atoms with Gasteiger partial charge in [-0.2, -0.15) is 0 Å². The molecule has 2 aromatic rings. The molecule has 2 aromatic carbocycles. The van der Waals surface area contributed by atoms with Crippen LogP contribution in [0.3, 0.4) is 0 Å². The summed E-state index contributed by atoms with van der Waals surface area (Å²) in [4.78, 5) is 0. The van der Waals surface area contributed by atoms with E-state index < -0.39 is 0 Å². The van der Waals surface area contributed by atoms with Crippen molar-refractivity contribution in [3.63, 3.8) is 0 Å². The molecule has 3 nitrogen and oxygen atoms in total. The fourth-order valence-corrected chi connectivity index (χ4v) is 2.23. The molecule has 0 fully saturated rings. The molecule has 4 heteroatoms. The van der Waals surface area contributed by atoms with Gasteiger partial charge in [0.2, 0.25) is 0 Å². The van der Waals surface area contributed by atoms with Crippen LogP contribution in [0.4, 0.5) is 4.39 Å². The molecule has 0 aliphatic carbocycles. The Labute approximate surface area is 118 Å². The van der Waals surface area contributed by atoms with E-state index in [0.717, 1.165) is 11.3 Å². The van der Waals surface area contributed by atoms with E-state index in [4.69, 9.17) is 9.47 Å². The molecule has 0 amide bonds. The first-order chi connectivity index (χ1) is 9.71. The average molecular weight is 275 g/mol. The monoisotopic (exact) mass is 275 g/mol. The predicted molar refractivity (Wildman–Crippen MR) is 76.8 cm³/mol. The van der Waals surface area contributed by atoms with Gasteiger partial charge >= 0.3 is 0 Å². The zero-order chi connectivity index (χ0) is 14.5. The van der Waals surface area contributed by atoms with E-state index in [1.54, 1.807) is 32.4 Å². The molecule has 0 saturated heterocycles. The minimum absolute atomic E-state index is 0.241. The van der Waals surface area contributed by atoms with Crippen LogP contribution in [0.15, 0.2) is 42.5 Å². The van der Waals surface area contributed by atoms with Crippen molar-refractivity contribution in [3.05, 3.63) is 59.4 Å². The van der Waals surface area contributed by atoms with Crippen LogP contribution >= 0.6 is 0 Å². The van der Waals surface area contributed by atoms with E-state index in [9.17, 15) is 4.39 Å². The predicted octanol–water partition coefficient (Wildman–Crippen LogP) is 3.15. The molecule has 0 heterocycles. The van der Waals surface area contributed by atoms with Crippen molar-refractivity contribution < 1.29 is 13.9 Å². The molecule has 0 saturated carbocycles. The third kappa shape index (κ3) is 2.75. The lowest BCUT2D eigenvalue weighted by Gasteiger charge is -2.19. The molecule has 2 rings (SSSR count). The topological polar surface area (TPSA) is 30.5 Å². The van der Waals surface area contributed by atoms with Crippen LogP contribution in [0, 0.1) is 5.82 Å². The maximum absolute atomic E-state index is 14.4. The number of rotatable bonds is 5. The van der Waals surface area contributed by atoms with Gasteiger partial charge in [0, 0.05) is 5.56 Å². The SMILES string of the molecule is CNC(c1cccc(OC)c1)c1cccc(OC)c1F. The number of hydrogen-bond acceptors (Lipinski definition) is 3. The van der Waals surface area contributed by atoms with Crippen LogP contribution in [0.2, 0.25) is 0 Å². The van der Waals surface area contributed by atoms with Crippen molar-refractivity contribution in [1.82, 2.24) is 5.32 Å². The summed E-state index contributed by atoms with van der Waals surface area (Å²) in [6.45, 7) is 0. The number of methoxy groups -OCH3 is 2. The Kier molecular flexibility index (Phi) is 4.58. The summed E-state index contributed by atoms with van der Waals surface area (Å²) in [5, 5.41) is 3.13. The number of halogens is 1. The highest BCUT2D eigenvalue weighted by molar-refractivity contribution is 5.40. The second kappa shape index (κ2) is 6.39. The molecule has 1 unspecified atom stereocenters. The van der Waals surface area contributed by atoms with E-state index >= 15 is 0 Å². The smallest absolute Gasteiger partial charge is 0.170 e. The number of nitrogens with one attached hydrogen (secondary N) is 1. The molecular formula is C16H18FNO2. The first-order valence-electron chi connectivity index (χ1n) is 6.35. The first-order valence-corrected chi connectivity index (χ1v) is 6.35. The highest BCUT2D eigenvalue weighted by Crippen LogP contribution is 2.30. The first kappa shape index (κ1) is 14.3. The normalized spacial score (nSPS) is 12.0. The third-order valence-electron chi connectivity index (χ3n) is 3.24. The molecule has 1 N–H and O–H groups in total. The lowest BCUT2D eigenvalue weighted by Crippen LogP contribution is -2.19. The highest BCUT2D eigenvalue weighted by atomic mass is 19.1. The highest BCUT2D eigenvalue weighted by Gasteiger charge is 2.19. The van der Waals surface area contributed by atoms with E-state index in [1.165, 1.54) is 7.11 Å². The summed E-state index contributed by atoms with van der Waals surface area (Å²) in [6.07, 6.45) is 0. The summed E-state index contributed by atoms with van der Waals surface area (Å²) in [5.74, 6) is 0.633. The van der Waals surface area contributed by atoms with E-state index in [-0.39, 0.29) is 17.6 Å². The Morgan fingerprint density at radius 2 is 1.80 bits per heavy atom. The Balaban J connectivity index is 2.46. The lowest BCUT2D eigenvalue weighted by atomic mass is 9.98. The minimum Gasteiger partial charge on any atom is -0.497 e. The van der Waals surface area contributed by atoms with Crippen molar-refractivity contribution in [3.8, 4) is 11.5 Å². The average Bonchev–Trinajstić information content (AvgIpc) is 2.50. The summed E-state index contributed by atoms with van der Waals surface area (Å²) in [5.41, 5.74) is 1.47. The van der Waals surface area contributed by atoms with Gasteiger partial charge in [0.15, 0.2) is 11.6 Å². The molecule has 0 spiro atoms. The van der Waals surface area contributed by atoms with Gasteiger partial charge in [0.05, 0.1) is 20.3 Å². The molecule has 106 valence electrons. The van der Waals surface area contributed by atoms with E-state index in [1.807, 2.05) is 24.3 Å². The molecule has 0 aliphatic heterocycles. The number of ether oxygens (including phenoxy) is 2. The van der Waals surface area contributed by atoms with Crippen LogP contribution in [0.5, 0.6) is 11.5 Å². The van der Waals surface area contributed by atoms with Crippen molar-refractivity contribution in [2.75, 3.05) is 21.3 Å². The van der Waals surface area contributed by atoms with Crippen molar-refractivity contribution >= 4 is 0 Å². The van der Waals surface area contributed by atoms with Gasteiger partial charge in [-0.05, 0) is 30.8 Å². The second-order valence-corrected chi connectivity index (χ2v) is 4.36. The lowest BCUT2D eigenvalue weighted by molar-refractivity contribution is 0.382. The van der Waals surface area contributed by atoms with Crippen LogP contribution in [-0.2, 0) is 0 Å². The minimum atomic E-state index is -0.350. The Morgan fingerprint density at radius 3 is 2.45 bits per heavy atom. The van der Waals surface area contributed by atoms with Crippen LogP contribution in [-0.4, -0.2) is 21.3 Å². The molecular weight excluding hydrogens is 257 g/mol. The molecule has 0 radical (unpaired) electrons. The fourth-order valence-electron chi connectivity index (χ4n) is 2.23. The Morgan fingerprint density at radius 1 is 1.05 bits per heavy atom. The third-order valence-corrected chi connectivity index (χ3v) is 3.24. The van der Waals surface area contributed by atoms with Gasteiger partial charge in [0.1, 0.15) is 5.75 Å². The molecule has 20 heavy (non-hydrogen) atoms. The van der Waals surface area contributed by atoms with Crippen LogP contribution < -0.4 is 14.8 Å². The zero-order valence-electron chi connectivity index (χ0n) is 11.8. The van der Waals surface area contributed by atoms with Gasteiger partial charge in [-0.1, -0.05) is 24.3 Å². The van der Waals surface area contributed by atoms with Crippen LogP contribution in [0.1, 0.15) is 17.2 Å². The quantitative estimate of drug-likeness (QED) is 0.909. The maximum Gasteiger partial charge on any atom is 0.170 e. The van der Waals surface area contributed by atoms with Gasteiger partial charge in [-0.15, -0.1) is 0 Å². The Hall–Kier alpha value is -2.07. The molecule has 0 aliphatic rings. The zero-order valence-corrected chi connectivity index (χ0v) is 11.8. The van der Waals surface area contributed by atoms with E-state index in [2.05, 4.69) is 5.32 Å². The van der Waals surface area contributed by atoms with Crippen molar-refractivity contribution in [2.24, 2.45) is 0 Å². The molecule has 0 bridgehead atoms. The molecule has 1 atom stereocenters. The number of benzene rings is 2. The van der Waals surface area contributed by atoms with Crippen molar-refractivity contribution in [2.45, 2.75) is 6.04 Å². The van der Waals surface area contributed by atoms with Gasteiger partial charge in [-0.25, -0.2) is 4.39 Å². The van der Waals surface area contributed by atoms with Gasteiger partial charge in [-0.3, -0.25) is 0 Å². The second-order valence-electron chi connectivity index (χ2n) is 4.36. The van der Waals surface area contributed by atoms with E-state index in [0.29, 0.717) is 5.56 Å². The van der Waals surface area contributed by atoms with Crippen LogP contribution in [0.25, 0.3) is 0 Å². The Bertz CT molecular complexity index is 586. The molecule has 0 aromatic heterocycles. The summed E-state index contributed by atoms with van der Waals surface area (Å²) in [7, 11) is 4.87. The number of hydrogen-bond donors (Lipinski definition) is 1. The summed E-state index contributed by atoms with van der Waals surface area (Å²) in [6, 6.07) is 12.4. The summed E-state index contributed by atoms with van der Waals surface area (Å²) < 4.78 is 24.6. The van der Waals surface area contributed by atoms with Gasteiger partial charge in [0.25, 0.3) is 0 Å². The maximum atomic E-state index is 14.4. The largest absolute Gasteiger partial charge is 0.497 e. The van der Waals surface area contributed by atoms with Crippen molar-refractivity contribution in [1.29, 1.82) is 0 Å². The van der Waals surface area contributed by atoms with Gasteiger partial charge < -0.3 is 14.8 Å².